The first-order valence-corrected chi connectivity index (χ1v) is 7.75. The summed E-state index contributed by atoms with van der Waals surface area (Å²) in [6.07, 6.45) is 4.17. The van der Waals surface area contributed by atoms with Crippen molar-refractivity contribution < 1.29 is 22.6 Å². The van der Waals surface area contributed by atoms with E-state index in [1.54, 1.807) is 26.1 Å². The Morgan fingerprint density at radius 3 is 2.71 bits per heavy atom. The number of hydrogen-bond donors (Lipinski definition) is 1. The molecule has 0 aliphatic carbocycles. The molecule has 0 aromatic carbocycles. The van der Waals surface area contributed by atoms with Gasteiger partial charge in [0.2, 0.25) is 15.8 Å². The van der Waals surface area contributed by atoms with E-state index in [0.717, 1.165) is 0 Å². The highest BCUT2D eigenvalue weighted by Gasteiger charge is 2.37. The highest BCUT2D eigenvalue weighted by Crippen LogP contribution is 2.25. The number of methoxy groups -OCH3 is 2. The Balaban J connectivity index is 2.12. The molecule has 1 aliphatic rings. The Hall–Kier alpha value is -1.26. The molecular weight excluding hydrogens is 298 g/mol. The lowest BCUT2D eigenvalue weighted by molar-refractivity contribution is -0.237. The number of nitrogens with one attached hydrogen (secondary N) is 1. The molecular formula is C12H19N3O5S. The summed E-state index contributed by atoms with van der Waals surface area (Å²) in [7, 11) is 0.890. The number of sulfonamides is 1. The van der Waals surface area contributed by atoms with Gasteiger partial charge in [0.05, 0.1) is 12.2 Å². The first-order chi connectivity index (χ1) is 9.82. The van der Waals surface area contributed by atoms with Gasteiger partial charge in [-0.2, -0.15) is 5.10 Å². The highest BCUT2D eigenvalue weighted by molar-refractivity contribution is 7.89. The molecule has 21 heavy (non-hydrogen) atoms. The fourth-order valence-electron chi connectivity index (χ4n) is 2.03. The molecule has 0 fully saturated rings. The van der Waals surface area contributed by atoms with E-state index in [0.29, 0.717) is 5.69 Å². The molecule has 2 rings (SSSR count). The first-order valence-electron chi connectivity index (χ1n) is 6.27. The smallest absolute Gasteiger partial charge is 0.244 e. The van der Waals surface area contributed by atoms with Crippen molar-refractivity contribution >= 4 is 10.0 Å². The predicted octanol–water partition coefficient (Wildman–Crippen LogP) is -0.0916. The van der Waals surface area contributed by atoms with E-state index >= 15 is 0 Å². The van der Waals surface area contributed by atoms with Crippen LogP contribution in [0.1, 0.15) is 5.69 Å². The molecule has 1 aromatic rings. The molecule has 2 unspecified atom stereocenters. The summed E-state index contributed by atoms with van der Waals surface area (Å²) in [4.78, 5) is 0.126. The van der Waals surface area contributed by atoms with Crippen LogP contribution in [0.4, 0.5) is 0 Å². The monoisotopic (exact) mass is 317 g/mol. The molecule has 0 bridgehead atoms. The van der Waals surface area contributed by atoms with Crippen LogP contribution in [0.3, 0.4) is 0 Å². The molecule has 2 atom stereocenters. The molecule has 2 heterocycles. The van der Waals surface area contributed by atoms with Gasteiger partial charge < -0.3 is 14.2 Å². The van der Waals surface area contributed by atoms with Gasteiger partial charge in [0, 0.05) is 27.5 Å². The topological polar surface area (TPSA) is 91.7 Å². The van der Waals surface area contributed by atoms with Gasteiger partial charge in [0.25, 0.3) is 0 Å². The van der Waals surface area contributed by atoms with Crippen molar-refractivity contribution in [1.82, 2.24) is 14.5 Å². The Morgan fingerprint density at radius 2 is 2.24 bits per heavy atom. The minimum Gasteiger partial charge on any atom is -0.352 e. The highest BCUT2D eigenvalue weighted by atomic mass is 32.2. The van der Waals surface area contributed by atoms with Crippen molar-refractivity contribution in [3.8, 4) is 0 Å². The molecule has 0 radical (unpaired) electrons. The number of hydrogen-bond acceptors (Lipinski definition) is 6. The number of aromatic nitrogens is 2. The fourth-order valence-corrected chi connectivity index (χ4v) is 3.30. The van der Waals surface area contributed by atoms with Crippen LogP contribution >= 0.6 is 0 Å². The maximum atomic E-state index is 12.3. The van der Waals surface area contributed by atoms with Gasteiger partial charge in [-0.15, -0.1) is 0 Å². The van der Waals surface area contributed by atoms with Crippen molar-refractivity contribution in [2.75, 3.05) is 20.8 Å². The van der Waals surface area contributed by atoms with Crippen molar-refractivity contribution in [3.63, 3.8) is 0 Å². The lowest BCUT2D eigenvalue weighted by atomic mass is 10.3. The van der Waals surface area contributed by atoms with Crippen LogP contribution in [0.2, 0.25) is 0 Å². The Morgan fingerprint density at radius 1 is 1.52 bits per heavy atom. The first kappa shape index (κ1) is 16.1. The molecule has 0 saturated carbocycles. The summed E-state index contributed by atoms with van der Waals surface area (Å²) in [6, 6.07) is 0. The minimum atomic E-state index is -3.70. The standard InChI is InChI=1S/C12H19N3O5S/c1-9-10(7-15(2)14-9)21(16,17)13-8-12(19-4)6-5-11(18-3)20-12/h5-7,11,13H,8H2,1-4H3. The zero-order valence-corrected chi connectivity index (χ0v) is 13.2. The van der Waals surface area contributed by atoms with Crippen LogP contribution < -0.4 is 4.72 Å². The number of aryl methyl sites for hydroxylation is 2. The summed E-state index contributed by atoms with van der Waals surface area (Å²) in [5.41, 5.74) is 0.425. The van der Waals surface area contributed by atoms with E-state index in [9.17, 15) is 8.42 Å². The normalized spacial score (nSPS) is 25.6. The molecule has 118 valence electrons. The van der Waals surface area contributed by atoms with E-state index in [1.807, 2.05) is 0 Å². The second kappa shape index (κ2) is 5.85. The molecule has 1 aliphatic heterocycles. The zero-order valence-electron chi connectivity index (χ0n) is 12.4. The third-order valence-corrected chi connectivity index (χ3v) is 4.67. The summed E-state index contributed by atoms with van der Waals surface area (Å²) in [6.45, 7) is 1.56. The van der Waals surface area contributed by atoms with Gasteiger partial charge >= 0.3 is 0 Å². The third-order valence-electron chi connectivity index (χ3n) is 3.17. The largest absolute Gasteiger partial charge is 0.352 e. The average Bonchev–Trinajstić information content (AvgIpc) is 3.01. The zero-order chi connectivity index (χ0) is 15.7. The lowest BCUT2D eigenvalue weighted by Gasteiger charge is -2.27. The van der Waals surface area contributed by atoms with Crippen LogP contribution in [0, 0.1) is 6.92 Å². The van der Waals surface area contributed by atoms with Gasteiger partial charge in [-0.25, -0.2) is 13.1 Å². The molecule has 0 spiro atoms. The van der Waals surface area contributed by atoms with Crippen LogP contribution in [0.15, 0.2) is 23.2 Å². The Labute approximate surface area is 123 Å². The van der Waals surface area contributed by atoms with Crippen molar-refractivity contribution in [1.29, 1.82) is 0 Å². The van der Waals surface area contributed by atoms with Crippen molar-refractivity contribution in [2.24, 2.45) is 7.05 Å². The predicted molar refractivity (Wildman–Crippen MR) is 73.9 cm³/mol. The molecule has 1 aromatic heterocycles. The van der Waals surface area contributed by atoms with Crippen LogP contribution in [0.5, 0.6) is 0 Å². The second-order valence-corrected chi connectivity index (χ2v) is 6.41. The lowest BCUT2D eigenvalue weighted by Crippen LogP contribution is -2.44. The summed E-state index contributed by atoms with van der Waals surface area (Å²) in [5.74, 6) is -1.18. The average molecular weight is 317 g/mol. The van der Waals surface area contributed by atoms with E-state index in [1.165, 1.54) is 25.1 Å². The van der Waals surface area contributed by atoms with Crippen molar-refractivity contribution in [3.05, 3.63) is 24.0 Å². The molecule has 9 heteroatoms. The molecule has 8 nitrogen and oxygen atoms in total. The van der Waals surface area contributed by atoms with Gasteiger partial charge in [-0.05, 0) is 19.1 Å². The van der Waals surface area contributed by atoms with Gasteiger partial charge in [0.15, 0.2) is 6.29 Å². The van der Waals surface area contributed by atoms with Crippen LogP contribution in [0.25, 0.3) is 0 Å². The second-order valence-electron chi connectivity index (χ2n) is 4.67. The van der Waals surface area contributed by atoms with E-state index in [-0.39, 0.29) is 11.4 Å². The molecule has 0 saturated heterocycles. The maximum absolute atomic E-state index is 12.3. The Kier molecular flexibility index (Phi) is 4.49. The van der Waals surface area contributed by atoms with E-state index in [2.05, 4.69) is 9.82 Å². The molecule has 1 N–H and O–H groups in total. The van der Waals surface area contributed by atoms with E-state index < -0.39 is 22.1 Å². The number of ether oxygens (including phenoxy) is 3. The summed E-state index contributed by atoms with van der Waals surface area (Å²) >= 11 is 0. The maximum Gasteiger partial charge on any atom is 0.244 e. The van der Waals surface area contributed by atoms with Gasteiger partial charge in [-0.3, -0.25) is 4.68 Å². The summed E-state index contributed by atoms with van der Waals surface area (Å²) in [5, 5.41) is 4.02. The third kappa shape index (κ3) is 3.33. The SMILES string of the molecule is COC1C=CC(CNS(=O)(=O)c2cn(C)nc2C)(OC)O1. The van der Waals surface area contributed by atoms with Crippen molar-refractivity contribution in [2.45, 2.75) is 23.9 Å². The fraction of sp³-hybridized carbons (Fsp3) is 0.583. The Bertz CT molecular complexity index is 639. The molecule has 0 amide bonds. The van der Waals surface area contributed by atoms with Crippen LogP contribution in [-0.4, -0.2) is 51.0 Å². The number of nitrogens with zero attached hydrogens (tertiary/aromatic N) is 2. The summed E-state index contributed by atoms with van der Waals surface area (Å²) < 4.78 is 44.3. The number of rotatable bonds is 6. The van der Waals surface area contributed by atoms with Gasteiger partial charge in [0.1, 0.15) is 4.90 Å². The van der Waals surface area contributed by atoms with Crippen LogP contribution in [-0.2, 0) is 31.3 Å². The minimum absolute atomic E-state index is 0.0729. The van der Waals surface area contributed by atoms with E-state index in [4.69, 9.17) is 14.2 Å². The quantitative estimate of drug-likeness (QED) is 0.737. The van der Waals surface area contributed by atoms with Gasteiger partial charge in [-0.1, -0.05) is 0 Å².